The van der Waals surface area contributed by atoms with Crippen LogP contribution < -0.4 is 10.1 Å². The average Bonchev–Trinajstić information content (AvgIpc) is 2.66. The van der Waals surface area contributed by atoms with Crippen LogP contribution in [0, 0.1) is 11.3 Å². The summed E-state index contributed by atoms with van der Waals surface area (Å²) in [4.78, 5) is 14.4. The van der Waals surface area contributed by atoms with E-state index in [1.165, 1.54) is 18.2 Å². The molecule has 0 unspecified atom stereocenters. The zero-order valence-electron chi connectivity index (χ0n) is 14.0. The smallest absolute Gasteiger partial charge is 0.267 e. The summed E-state index contributed by atoms with van der Waals surface area (Å²) < 4.78 is 5.22. The maximum absolute atomic E-state index is 12.4. The molecule has 1 heterocycles. The number of methoxy groups -OCH3 is 1. The first kappa shape index (κ1) is 16.6. The van der Waals surface area contributed by atoms with Crippen LogP contribution in [-0.4, -0.2) is 24.5 Å². The van der Waals surface area contributed by atoms with Gasteiger partial charge in [-0.3, -0.25) is 4.79 Å². The van der Waals surface area contributed by atoms with Gasteiger partial charge in [0.15, 0.2) is 0 Å². The van der Waals surface area contributed by atoms with Gasteiger partial charge in [-0.2, -0.15) is 5.26 Å². The molecule has 1 aliphatic heterocycles. The van der Waals surface area contributed by atoms with Crippen molar-refractivity contribution in [3.8, 4) is 11.8 Å². The second-order valence-corrected chi connectivity index (χ2v) is 5.80. The summed E-state index contributed by atoms with van der Waals surface area (Å²) in [6.07, 6.45) is 2.54. The number of carbonyl (C=O) groups is 1. The minimum Gasteiger partial charge on any atom is -0.495 e. The van der Waals surface area contributed by atoms with E-state index in [1.807, 2.05) is 29.2 Å². The van der Waals surface area contributed by atoms with Crippen LogP contribution in [0.15, 0.2) is 60.3 Å². The van der Waals surface area contributed by atoms with Gasteiger partial charge in [0.1, 0.15) is 17.4 Å². The van der Waals surface area contributed by atoms with E-state index in [0.717, 1.165) is 13.0 Å². The molecule has 0 aromatic heterocycles. The predicted molar refractivity (Wildman–Crippen MR) is 95.9 cm³/mol. The van der Waals surface area contributed by atoms with E-state index in [9.17, 15) is 10.1 Å². The van der Waals surface area contributed by atoms with Crippen LogP contribution in [-0.2, 0) is 17.8 Å². The molecule has 3 rings (SSSR count). The first-order valence-electron chi connectivity index (χ1n) is 8.08. The van der Waals surface area contributed by atoms with Gasteiger partial charge in [-0.25, -0.2) is 0 Å². The van der Waals surface area contributed by atoms with Gasteiger partial charge in [0.25, 0.3) is 5.91 Å². The lowest BCUT2D eigenvalue weighted by atomic mass is 10.0. The minimum absolute atomic E-state index is 0.0743. The van der Waals surface area contributed by atoms with Crippen molar-refractivity contribution < 1.29 is 9.53 Å². The minimum atomic E-state index is -0.439. The highest BCUT2D eigenvalue weighted by Gasteiger charge is 2.17. The molecule has 0 bridgehead atoms. The Morgan fingerprint density at radius 1 is 1.20 bits per heavy atom. The topological polar surface area (TPSA) is 65.4 Å². The zero-order valence-corrected chi connectivity index (χ0v) is 14.0. The van der Waals surface area contributed by atoms with Crippen molar-refractivity contribution >= 4 is 11.6 Å². The normalized spacial score (nSPS) is 13.6. The van der Waals surface area contributed by atoms with Crippen molar-refractivity contribution in [1.29, 1.82) is 5.26 Å². The van der Waals surface area contributed by atoms with Crippen molar-refractivity contribution in [2.24, 2.45) is 0 Å². The third-order valence-corrected chi connectivity index (χ3v) is 4.19. The lowest BCUT2D eigenvalue weighted by Gasteiger charge is -2.27. The number of nitrogens with zero attached hydrogens (tertiary/aromatic N) is 2. The average molecular weight is 333 g/mol. The molecular formula is C20H19N3O2. The number of hydrogen-bond donors (Lipinski definition) is 1. The summed E-state index contributed by atoms with van der Waals surface area (Å²) in [6.45, 7) is 1.48. The Hall–Kier alpha value is -3.26. The first-order valence-corrected chi connectivity index (χ1v) is 8.08. The molecule has 2 aromatic rings. The van der Waals surface area contributed by atoms with E-state index >= 15 is 0 Å². The van der Waals surface area contributed by atoms with E-state index in [2.05, 4.69) is 17.4 Å². The lowest BCUT2D eigenvalue weighted by Crippen LogP contribution is -2.27. The van der Waals surface area contributed by atoms with Crippen LogP contribution in [0.4, 0.5) is 5.69 Å². The monoisotopic (exact) mass is 333 g/mol. The molecule has 0 spiro atoms. The highest BCUT2D eigenvalue weighted by atomic mass is 16.5. The van der Waals surface area contributed by atoms with Crippen molar-refractivity contribution in [3.05, 3.63) is 71.4 Å². The number of benzene rings is 2. The number of nitrogens with one attached hydrogen (secondary N) is 1. The number of carbonyl (C=O) groups excluding carboxylic acids is 1. The fraction of sp³-hybridized carbons (Fsp3) is 0.200. The number of rotatable bonds is 4. The largest absolute Gasteiger partial charge is 0.495 e. The van der Waals surface area contributed by atoms with E-state index in [-0.39, 0.29) is 5.57 Å². The third-order valence-electron chi connectivity index (χ3n) is 4.19. The summed E-state index contributed by atoms with van der Waals surface area (Å²) in [5.41, 5.74) is 3.17. The highest BCUT2D eigenvalue weighted by Crippen LogP contribution is 2.24. The summed E-state index contributed by atoms with van der Waals surface area (Å²) in [5.74, 6) is 0.117. The number of ether oxygens (including phenoxy) is 1. The molecular weight excluding hydrogens is 314 g/mol. The molecule has 0 saturated heterocycles. The van der Waals surface area contributed by atoms with E-state index in [1.54, 1.807) is 24.4 Å². The van der Waals surface area contributed by atoms with Crippen molar-refractivity contribution in [1.82, 2.24) is 4.90 Å². The Balaban J connectivity index is 1.75. The van der Waals surface area contributed by atoms with Crippen LogP contribution in [0.25, 0.3) is 0 Å². The van der Waals surface area contributed by atoms with Crippen molar-refractivity contribution in [2.45, 2.75) is 13.0 Å². The van der Waals surface area contributed by atoms with Gasteiger partial charge in [-0.1, -0.05) is 36.4 Å². The second kappa shape index (κ2) is 7.54. The predicted octanol–water partition coefficient (Wildman–Crippen LogP) is 3.10. The van der Waals surface area contributed by atoms with E-state index in [4.69, 9.17) is 4.74 Å². The summed E-state index contributed by atoms with van der Waals surface area (Å²) in [7, 11) is 1.54. The van der Waals surface area contributed by atoms with Crippen LogP contribution >= 0.6 is 0 Å². The number of hydrogen-bond acceptors (Lipinski definition) is 4. The van der Waals surface area contributed by atoms with Gasteiger partial charge >= 0.3 is 0 Å². The van der Waals surface area contributed by atoms with Gasteiger partial charge in [0.05, 0.1) is 12.8 Å². The first-order chi connectivity index (χ1) is 12.2. The van der Waals surface area contributed by atoms with E-state index in [0.29, 0.717) is 18.0 Å². The maximum atomic E-state index is 12.4. The molecule has 1 amide bonds. The molecule has 0 saturated carbocycles. The van der Waals surface area contributed by atoms with Gasteiger partial charge in [-0.15, -0.1) is 0 Å². The number of anilines is 1. The standard InChI is InChI=1S/C20H19N3O2/c1-25-19-9-5-4-8-18(19)22-20(24)17(12-21)14-23-11-10-15-6-2-3-7-16(15)13-23/h2-9,14H,10-11,13H2,1H3,(H,22,24)/b17-14-. The van der Waals surface area contributed by atoms with Gasteiger partial charge in [-0.05, 0) is 29.7 Å². The Morgan fingerprint density at radius 3 is 2.68 bits per heavy atom. The molecule has 5 heteroatoms. The molecule has 0 atom stereocenters. The third kappa shape index (κ3) is 3.81. The molecule has 1 aliphatic rings. The molecule has 0 aliphatic carbocycles. The Labute approximate surface area is 147 Å². The summed E-state index contributed by atoms with van der Waals surface area (Å²) >= 11 is 0. The van der Waals surface area contributed by atoms with Crippen LogP contribution in [0.1, 0.15) is 11.1 Å². The highest BCUT2D eigenvalue weighted by molar-refractivity contribution is 6.07. The van der Waals surface area contributed by atoms with Gasteiger partial charge in [0.2, 0.25) is 0 Å². The molecule has 25 heavy (non-hydrogen) atoms. The second-order valence-electron chi connectivity index (χ2n) is 5.80. The van der Waals surface area contributed by atoms with Crippen molar-refractivity contribution in [3.63, 3.8) is 0 Å². The quantitative estimate of drug-likeness (QED) is 0.690. The number of fused-ring (bicyclic) bond motifs is 1. The van der Waals surface area contributed by atoms with E-state index < -0.39 is 5.91 Å². The maximum Gasteiger partial charge on any atom is 0.267 e. The number of nitriles is 1. The van der Waals surface area contributed by atoms with Crippen LogP contribution in [0.3, 0.4) is 0 Å². The van der Waals surface area contributed by atoms with Crippen LogP contribution in [0.2, 0.25) is 0 Å². The fourth-order valence-electron chi connectivity index (χ4n) is 2.89. The van der Waals surface area contributed by atoms with Crippen LogP contribution in [0.5, 0.6) is 5.75 Å². The molecule has 5 nitrogen and oxygen atoms in total. The Bertz CT molecular complexity index is 852. The Kier molecular flexibility index (Phi) is 5.00. The molecule has 2 aromatic carbocycles. The summed E-state index contributed by atoms with van der Waals surface area (Å²) in [5, 5.41) is 12.1. The van der Waals surface area contributed by atoms with Gasteiger partial charge in [0, 0.05) is 19.3 Å². The number of amides is 1. The molecule has 1 N–H and O–H groups in total. The Morgan fingerprint density at radius 2 is 1.92 bits per heavy atom. The zero-order chi connectivity index (χ0) is 17.6. The number of para-hydroxylation sites is 2. The molecule has 0 radical (unpaired) electrons. The van der Waals surface area contributed by atoms with Crippen molar-refractivity contribution in [2.75, 3.05) is 19.0 Å². The SMILES string of the molecule is COc1ccccc1NC(=O)/C(C#N)=C\N1CCc2ccccc2C1. The molecule has 126 valence electrons. The molecule has 0 fully saturated rings. The lowest BCUT2D eigenvalue weighted by molar-refractivity contribution is -0.112. The van der Waals surface area contributed by atoms with Gasteiger partial charge < -0.3 is 15.0 Å². The fourth-order valence-corrected chi connectivity index (χ4v) is 2.89. The summed E-state index contributed by atoms with van der Waals surface area (Å²) in [6, 6.07) is 17.4.